The fraction of sp³-hybridized carbons (Fsp3) is 0. The quantitative estimate of drug-likeness (QED) is 0.152. The van der Waals surface area contributed by atoms with Gasteiger partial charge in [-0.1, -0.05) is 206 Å². The third-order valence-electron chi connectivity index (χ3n) is 13.4. The molecular weight excluding hydrogens is 759 g/mol. The Kier molecular flexibility index (Phi) is 7.98. The zero-order chi connectivity index (χ0) is 41.4. The highest BCUT2D eigenvalue weighted by Gasteiger charge is 2.22. The van der Waals surface area contributed by atoms with Crippen LogP contribution in [0, 0.1) is 0 Å². The van der Waals surface area contributed by atoms with Gasteiger partial charge in [0, 0.05) is 22.1 Å². The topological polar surface area (TPSA) is 3.24 Å². The van der Waals surface area contributed by atoms with E-state index in [-0.39, 0.29) is 0 Å². The molecule has 0 fully saturated rings. The van der Waals surface area contributed by atoms with Crippen LogP contribution >= 0.6 is 0 Å². The van der Waals surface area contributed by atoms with E-state index in [1.54, 1.807) is 0 Å². The van der Waals surface area contributed by atoms with E-state index in [1.165, 1.54) is 109 Å². The van der Waals surface area contributed by atoms with Crippen molar-refractivity contribution in [1.29, 1.82) is 0 Å². The van der Waals surface area contributed by atoms with E-state index in [0.717, 1.165) is 17.1 Å². The number of hydrogen-bond donors (Lipinski definition) is 0. The monoisotopic (exact) mass is 797 g/mol. The van der Waals surface area contributed by atoms with Crippen LogP contribution in [-0.4, -0.2) is 0 Å². The Morgan fingerprint density at radius 2 is 0.619 bits per heavy atom. The zero-order valence-electron chi connectivity index (χ0n) is 34.5. The van der Waals surface area contributed by atoms with Crippen molar-refractivity contribution < 1.29 is 0 Å². The number of fused-ring (bicyclic) bond motifs is 3. The van der Waals surface area contributed by atoms with Crippen LogP contribution in [0.25, 0.3) is 109 Å². The lowest BCUT2D eigenvalue weighted by Gasteiger charge is -2.28. The van der Waals surface area contributed by atoms with E-state index in [0.29, 0.717) is 0 Å². The molecule has 292 valence electrons. The van der Waals surface area contributed by atoms with Crippen LogP contribution in [0.1, 0.15) is 0 Å². The number of benzene rings is 12. The summed E-state index contributed by atoms with van der Waals surface area (Å²) in [6.45, 7) is 0. The fourth-order valence-corrected chi connectivity index (χ4v) is 10.5. The fourth-order valence-electron chi connectivity index (χ4n) is 10.5. The van der Waals surface area contributed by atoms with Gasteiger partial charge >= 0.3 is 0 Å². The standard InChI is InChI=1S/C62H39N/c1-2-11-40(12-3-1)41-25-27-42(28-26-41)43-31-35-49(36-32-43)63(50-37-33-45(34-38-50)52-19-6-14-44-13-4-5-18-51(44)52)58-39-48-17-9-22-54-53-20-7-15-46-29-30-47-16-8-21-55(60(47)59(46)53)56-23-10-24-57(58)62(56)61(48)54/h1-39H. The van der Waals surface area contributed by atoms with Gasteiger partial charge in [0.05, 0.1) is 5.69 Å². The summed E-state index contributed by atoms with van der Waals surface area (Å²) in [7, 11) is 0. The molecule has 1 heteroatoms. The summed E-state index contributed by atoms with van der Waals surface area (Å²) in [6, 6.07) is 87.5. The molecule has 1 nitrogen and oxygen atoms in total. The summed E-state index contributed by atoms with van der Waals surface area (Å²) in [6.07, 6.45) is 0. The molecule has 63 heavy (non-hydrogen) atoms. The van der Waals surface area contributed by atoms with Crippen LogP contribution in [-0.2, 0) is 0 Å². The molecule has 0 heterocycles. The molecule has 0 atom stereocenters. The maximum absolute atomic E-state index is 2.47. The van der Waals surface area contributed by atoms with Crippen LogP contribution in [0.15, 0.2) is 237 Å². The van der Waals surface area contributed by atoms with E-state index in [4.69, 9.17) is 0 Å². The molecule has 0 spiro atoms. The van der Waals surface area contributed by atoms with Gasteiger partial charge in [0.25, 0.3) is 0 Å². The molecule has 13 aromatic rings. The van der Waals surface area contributed by atoms with Gasteiger partial charge < -0.3 is 4.90 Å². The first-order valence-corrected chi connectivity index (χ1v) is 21.8. The highest BCUT2D eigenvalue weighted by molar-refractivity contribution is 6.38. The molecule has 0 aliphatic rings. The highest BCUT2D eigenvalue weighted by Crippen LogP contribution is 2.48. The summed E-state index contributed by atoms with van der Waals surface area (Å²) >= 11 is 0. The lowest BCUT2D eigenvalue weighted by molar-refractivity contribution is 1.30. The average Bonchev–Trinajstić information content (AvgIpc) is 3.36. The summed E-state index contributed by atoms with van der Waals surface area (Å²) in [5.41, 5.74) is 10.6. The van der Waals surface area contributed by atoms with Gasteiger partial charge in [-0.25, -0.2) is 0 Å². The summed E-state index contributed by atoms with van der Waals surface area (Å²) in [5.74, 6) is 0. The summed E-state index contributed by atoms with van der Waals surface area (Å²) in [4.78, 5) is 2.47. The van der Waals surface area contributed by atoms with E-state index < -0.39 is 0 Å². The minimum absolute atomic E-state index is 1.10. The number of hydrogen-bond acceptors (Lipinski definition) is 1. The smallest absolute Gasteiger partial charge is 0.0546 e. The molecule has 13 rings (SSSR count). The molecule has 13 aromatic carbocycles. The molecule has 0 aliphatic heterocycles. The summed E-state index contributed by atoms with van der Waals surface area (Å²) < 4.78 is 0. The largest absolute Gasteiger partial charge is 0.310 e. The van der Waals surface area contributed by atoms with Gasteiger partial charge in [-0.2, -0.15) is 0 Å². The Labute approximate surface area is 365 Å². The first-order valence-electron chi connectivity index (χ1n) is 21.8. The second-order valence-electron chi connectivity index (χ2n) is 16.8. The average molecular weight is 798 g/mol. The van der Waals surface area contributed by atoms with Gasteiger partial charge in [0.1, 0.15) is 0 Å². The van der Waals surface area contributed by atoms with Crippen molar-refractivity contribution in [3.8, 4) is 33.4 Å². The Morgan fingerprint density at radius 1 is 0.222 bits per heavy atom. The van der Waals surface area contributed by atoms with Crippen molar-refractivity contribution in [2.45, 2.75) is 0 Å². The van der Waals surface area contributed by atoms with Crippen LogP contribution in [0.2, 0.25) is 0 Å². The number of rotatable bonds is 6. The SMILES string of the molecule is c1ccc(-c2ccc(-c3ccc(N(c4ccc(-c5cccc6ccccc56)cc4)c4cc5cccc6c7cccc8ccc9cccc(c%10cccc4c%10c56)c9c87)cc3)cc2)cc1. The maximum atomic E-state index is 2.47. The predicted molar refractivity (Wildman–Crippen MR) is 271 cm³/mol. The van der Waals surface area contributed by atoms with E-state index in [2.05, 4.69) is 241 Å². The molecule has 0 bridgehead atoms. The molecule has 0 amide bonds. The Balaban J connectivity index is 1.05. The van der Waals surface area contributed by atoms with Gasteiger partial charge in [0.2, 0.25) is 0 Å². The van der Waals surface area contributed by atoms with Crippen LogP contribution < -0.4 is 4.90 Å². The molecule has 0 aliphatic carbocycles. The molecule has 0 N–H and O–H groups in total. The number of nitrogens with zero attached hydrogens (tertiary/aromatic N) is 1. The first-order chi connectivity index (χ1) is 31.2. The van der Waals surface area contributed by atoms with Gasteiger partial charge in [-0.05, 0) is 128 Å². The zero-order valence-corrected chi connectivity index (χ0v) is 34.5. The Hall–Kier alpha value is -8.26. The van der Waals surface area contributed by atoms with Crippen LogP contribution in [0.4, 0.5) is 17.1 Å². The number of anilines is 3. The third-order valence-corrected chi connectivity index (χ3v) is 13.4. The van der Waals surface area contributed by atoms with Crippen molar-refractivity contribution >= 4 is 92.5 Å². The maximum Gasteiger partial charge on any atom is 0.0546 e. The predicted octanol–water partition coefficient (Wildman–Crippen LogP) is 17.7. The minimum atomic E-state index is 1.10. The van der Waals surface area contributed by atoms with Crippen molar-refractivity contribution in [2.75, 3.05) is 4.90 Å². The van der Waals surface area contributed by atoms with Crippen molar-refractivity contribution in [1.82, 2.24) is 0 Å². The van der Waals surface area contributed by atoms with Gasteiger partial charge in [0.15, 0.2) is 0 Å². The molecule has 0 saturated heterocycles. The van der Waals surface area contributed by atoms with E-state index >= 15 is 0 Å². The lowest BCUT2D eigenvalue weighted by Crippen LogP contribution is -2.10. The summed E-state index contributed by atoms with van der Waals surface area (Å²) in [5, 5.41) is 17.8. The Morgan fingerprint density at radius 3 is 1.24 bits per heavy atom. The van der Waals surface area contributed by atoms with E-state index in [1.807, 2.05) is 0 Å². The first kappa shape index (κ1) is 35.5. The molecular formula is C62H39N. The van der Waals surface area contributed by atoms with Crippen LogP contribution in [0.3, 0.4) is 0 Å². The molecule has 0 saturated carbocycles. The van der Waals surface area contributed by atoms with Gasteiger partial charge in [-0.15, -0.1) is 0 Å². The van der Waals surface area contributed by atoms with Gasteiger partial charge in [-0.3, -0.25) is 0 Å². The minimum Gasteiger partial charge on any atom is -0.310 e. The molecule has 0 unspecified atom stereocenters. The second kappa shape index (κ2) is 14.2. The molecule has 0 radical (unpaired) electrons. The normalized spacial score (nSPS) is 11.8. The third kappa shape index (κ3) is 5.64. The lowest BCUT2D eigenvalue weighted by atomic mass is 9.87. The van der Waals surface area contributed by atoms with Crippen LogP contribution in [0.5, 0.6) is 0 Å². The van der Waals surface area contributed by atoms with Crippen molar-refractivity contribution in [2.24, 2.45) is 0 Å². The van der Waals surface area contributed by atoms with E-state index in [9.17, 15) is 0 Å². The van der Waals surface area contributed by atoms with Crippen molar-refractivity contribution in [3.05, 3.63) is 237 Å². The Bertz CT molecular complexity index is 3860. The second-order valence-corrected chi connectivity index (χ2v) is 16.8. The van der Waals surface area contributed by atoms with Crippen molar-refractivity contribution in [3.63, 3.8) is 0 Å². The molecule has 0 aromatic heterocycles. The highest BCUT2D eigenvalue weighted by atomic mass is 15.1.